The molecule has 1 unspecified atom stereocenters. The van der Waals surface area contributed by atoms with E-state index in [0.717, 1.165) is 0 Å². The largest absolute Gasteiger partial charge is 0.508 e. The zero-order valence-corrected chi connectivity index (χ0v) is 12.1. The molecule has 1 heterocycles. The second-order valence-corrected chi connectivity index (χ2v) is 4.82. The molecule has 1 rings (SSSR count). The van der Waals surface area contributed by atoms with Crippen LogP contribution in [0.3, 0.4) is 0 Å². The Bertz CT molecular complexity index is 347. The summed E-state index contributed by atoms with van der Waals surface area (Å²) < 4.78 is 20.3. The van der Waals surface area contributed by atoms with Crippen LogP contribution in [0.2, 0.25) is 0 Å². The van der Waals surface area contributed by atoms with Crippen LogP contribution in [0.15, 0.2) is 0 Å². The molecule has 0 radical (unpaired) electrons. The topological polar surface area (TPSA) is 94.5 Å². The summed E-state index contributed by atoms with van der Waals surface area (Å²) in [7, 11) is 4.88. The van der Waals surface area contributed by atoms with Crippen molar-refractivity contribution in [1.29, 1.82) is 0 Å². The van der Waals surface area contributed by atoms with Gasteiger partial charge in [-0.1, -0.05) is 0 Å². The molecule has 0 aromatic heterocycles. The first-order valence-electron chi connectivity index (χ1n) is 6.25. The van der Waals surface area contributed by atoms with E-state index in [4.69, 9.17) is 19.3 Å². The first kappa shape index (κ1) is 16.7. The number of carbonyl (C=O) groups is 2. The van der Waals surface area contributed by atoms with Gasteiger partial charge in [-0.25, -0.2) is 9.59 Å². The van der Waals surface area contributed by atoms with Crippen LogP contribution < -0.4 is 0 Å². The van der Waals surface area contributed by atoms with Gasteiger partial charge in [-0.15, -0.1) is 0 Å². The van der Waals surface area contributed by atoms with E-state index in [1.54, 1.807) is 0 Å². The van der Waals surface area contributed by atoms with Crippen molar-refractivity contribution in [2.75, 3.05) is 27.8 Å². The minimum atomic E-state index is -1.12. The van der Waals surface area contributed by atoms with Crippen molar-refractivity contribution >= 4 is 12.1 Å². The summed E-state index contributed by atoms with van der Waals surface area (Å²) >= 11 is 0. The van der Waals surface area contributed by atoms with Gasteiger partial charge in [-0.3, -0.25) is 0 Å². The van der Waals surface area contributed by atoms with Crippen LogP contribution in [0.5, 0.6) is 0 Å². The second kappa shape index (κ2) is 7.41. The average molecular weight is 291 g/mol. The molecule has 1 aliphatic heterocycles. The van der Waals surface area contributed by atoms with E-state index in [1.807, 2.05) is 25.9 Å². The zero-order valence-electron chi connectivity index (χ0n) is 12.1. The van der Waals surface area contributed by atoms with Gasteiger partial charge in [0, 0.05) is 0 Å². The Morgan fingerprint density at radius 2 is 2.05 bits per heavy atom. The van der Waals surface area contributed by atoms with Gasteiger partial charge in [0.25, 0.3) is 0 Å². The molecule has 1 saturated heterocycles. The number of carbonyl (C=O) groups excluding carboxylic acids is 1. The maximum absolute atomic E-state index is 11.3. The molecule has 0 amide bonds. The number of hydrogen-bond donors (Lipinski definition) is 1. The van der Waals surface area contributed by atoms with Gasteiger partial charge in [0.05, 0.1) is 19.3 Å². The van der Waals surface area contributed by atoms with E-state index in [1.165, 1.54) is 7.11 Å². The van der Waals surface area contributed by atoms with Gasteiger partial charge in [-0.2, -0.15) is 0 Å². The summed E-state index contributed by atoms with van der Waals surface area (Å²) in [5, 5.41) is 8.68. The Morgan fingerprint density at radius 3 is 2.55 bits per heavy atom. The number of ether oxygens (including phenoxy) is 4. The van der Waals surface area contributed by atoms with Crippen molar-refractivity contribution in [3.8, 4) is 0 Å². The lowest BCUT2D eigenvalue weighted by atomic mass is 9.99. The van der Waals surface area contributed by atoms with E-state index in [-0.39, 0.29) is 12.1 Å². The normalized spacial score (nSPS) is 30.1. The highest BCUT2D eigenvalue weighted by molar-refractivity contribution is 5.68. The van der Waals surface area contributed by atoms with E-state index in [9.17, 15) is 9.59 Å². The van der Waals surface area contributed by atoms with Crippen LogP contribution in [0.4, 0.5) is 4.79 Å². The highest BCUT2D eigenvalue weighted by Crippen LogP contribution is 2.26. The molecular formula is C12H21NO7. The van der Waals surface area contributed by atoms with Gasteiger partial charge in [-0.05, 0) is 27.4 Å². The van der Waals surface area contributed by atoms with Crippen LogP contribution in [0.1, 0.15) is 13.3 Å². The van der Waals surface area contributed by atoms with E-state index >= 15 is 0 Å². The van der Waals surface area contributed by atoms with E-state index < -0.39 is 31.1 Å². The Kier molecular flexibility index (Phi) is 6.18. The third kappa shape index (κ3) is 4.62. The highest BCUT2D eigenvalue weighted by Gasteiger charge is 2.42. The third-order valence-corrected chi connectivity index (χ3v) is 3.02. The van der Waals surface area contributed by atoms with Crippen LogP contribution in [-0.2, 0) is 23.7 Å². The number of hydrogen-bond acceptors (Lipinski definition) is 7. The smallest absolute Gasteiger partial charge is 0.480 e. The van der Waals surface area contributed by atoms with Crippen molar-refractivity contribution in [2.45, 2.75) is 37.9 Å². The average Bonchev–Trinajstić information content (AvgIpc) is 2.37. The van der Waals surface area contributed by atoms with Crippen molar-refractivity contribution in [1.82, 2.24) is 4.90 Å². The molecule has 8 heteroatoms. The molecule has 116 valence electrons. The summed E-state index contributed by atoms with van der Waals surface area (Å²) in [6, 6.07) is -0.156. The SMILES string of the molecule is COC(=O)O[C@H]1C(OCC(=O)O)O[C@H](C)C[C@@H]1N(C)C. The summed E-state index contributed by atoms with van der Waals surface area (Å²) in [6.45, 7) is 1.32. The summed E-state index contributed by atoms with van der Waals surface area (Å²) in [6.07, 6.45) is -2.07. The number of rotatable bonds is 5. The fourth-order valence-electron chi connectivity index (χ4n) is 2.10. The standard InChI is InChI=1S/C12H21NO7/c1-7-5-8(13(2)3)10(20-12(16)17-4)11(19-7)18-6-9(14)15/h7-8,10-11H,5-6H2,1-4H3,(H,14,15)/t7-,8+,10-,11?/m1/s1. The summed E-state index contributed by atoms with van der Waals surface area (Å²) in [5.74, 6) is -1.12. The number of aliphatic carboxylic acids is 1. The number of carboxylic acid groups (broad SMARTS) is 1. The molecular weight excluding hydrogens is 270 g/mol. The number of likely N-dealkylation sites (N-methyl/N-ethyl adjacent to an activating group) is 1. The molecule has 0 aliphatic carbocycles. The second-order valence-electron chi connectivity index (χ2n) is 4.82. The first-order valence-corrected chi connectivity index (χ1v) is 6.25. The Morgan fingerprint density at radius 1 is 1.40 bits per heavy atom. The first-order chi connectivity index (χ1) is 9.35. The molecule has 0 spiro atoms. The van der Waals surface area contributed by atoms with Gasteiger partial charge in [0.15, 0.2) is 12.4 Å². The zero-order chi connectivity index (χ0) is 15.3. The number of carboxylic acids is 1. The monoisotopic (exact) mass is 291 g/mol. The van der Waals surface area contributed by atoms with Crippen molar-refractivity contribution < 1.29 is 33.6 Å². The van der Waals surface area contributed by atoms with Crippen molar-refractivity contribution in [2.24, 2.45) is 0 Å². The van der Waals surface area contributed by atoms with E-state index in [0.29, 0.717) is 6.42 Å². The third-order valence-electron chi connectivity index (χ3n) is 3.02. The van der Waals surface area contributed by atoms with Crippen molar-refractivity contribution in [3.05, 3.63) is 0 Å². The molecule has 0 bridgehead atoms. The fourth-order valence-corrected chi connectivity index (χ4v) is 2.10. The maximum Gasteiger partial charge on any atom is 0.508 e. The number of nitrogens with zero attached hydrogens (tertiary/aromatic N) is 1. The Balaban J connectivity index is 2.83. The van der Waals surface area contributed by atoms with Gasteiger partial charge in [0.1, 0.15) is 6.61 Å². The van der Waals surface area contributed by atoms with Gasteiger partial charge >= 0.3 is 12.1 Å². The summed E-state index contributed by atoms with van der Waals surface area (Å²) in [5.41, 5.74) is 0. The lowest BCUT2D eigenvalue weighted by molar-refractivity contribution is -0.254. The Labute approximate surface area is 117 Å². The molecule has 0 saturated carbocycles. The van der Waals surface area contributed by atoms with E-state index in [2.05, 4.69) is 4.74 Å². The van der Waals surface area contributed by atoms with Gasteiger partial charge < -0.3 is 29.0 Å². The van der Waals surface area contributed by atoms with Crippen LogP contribution in [0.25, 0.3) is 0 Å². The van der Waals surface area contributed by atoms with Crippen molar-refractivity contribution in [3.63, 3.8) is 0 Å². The van der Waals surface area contributed by atoms with Crippen LogP contribution in [-0.4, -0.2) is 74.5 Å². The lowest BCUT2D eigenvalue weighted by Gasteiger charge is -2.42. The predicted octanol–water partition coefficient (Wildman–Crippen LogP) is 0.304. The lowest BCUT2D eigenvalue weighted by Crippen LogP contribution is -2.56. The molecule has 1 aliphatic rings. The maximum atomic E-state index is 11.3. The Hall–Kier alpha value is -1.38. The van der Waals surface area contributed by atoms with Gasteiger partial charge in [0.2, 0.25) is 0 Å². The molecule has 0 aromatic rings. The fraction of sp³-hybridized carbons (Fsp3) is 0.833. The minimum Gasteiger partial charge on any atom is -0.480 e. The molecule has 1 fully saturated rings. The number of methoxy groups -OCH3 is 1. The summed E-state index contributed by atoms with van der Waals surface area (Å²) in [4.78, 5) is 23.8. The minimum absolute atomic E-state index is 0.140. The highest BCUT2D eigenvalue weighted by atomic mass is 16.8. The predicted molar refractivity (Wildman–Crippen MR) is 67.3 cm³/mol. The molecule has 1 N–H and O–H groups in total. The molecule has 4 atom stereocenters. The molecule has 8 nitrogen and oxygen atoms in total. The molecule has 20 heavy (non-hydrogen) atoms. The molecule has 0 aromatic carbocycles. The van der Waals surface area contributed by atoms with Crippen LogP contribution >= 0.6 is 0 Å². The quantitative estimate of drug-likeness (QED) is 0.723. The van der Waals surface area contributed by atoms with Crippen LogP contribution in [0, 0.1) is 0 Å².